The van der Waals surface area contributed by atoms with Crippen molar-refractivity contribution < 1.29 is 13.6 Å². The summed E-state index contributed by atoms with van der Waals surface area (Å²) in [5.74, 6) is -1.82. The number of ketones is 1. The van der Waals surface area contributed by atoms with Crippen molar-refractivity contribution in [3.05, 3.63) is 82.6 Å². The van der Waals surface area contributed by atoms with Gasteiger partial charge in [-0.3, -0.25) is 9.36 Å². The summed E-state index contributed by atoms with van der Waals surface area (Å²) in [5, 5.41) is 3.85. The second-order valence-corrected chi connectivity index (χ2v) is 7.58. The van der Waals surface area contributed by atoms with Crippen molar-refractivity contribution in [3.63, 3.8) is 0 Å². The molecule has 4 aromatic rings. The Bertz CT molecular complexity index is 1270. The molecule has 8 heteroatoms. The molecule has 5 nitrogen and oxygen atoms in total. The lowest BCUT2D eigenvalue weighted by Crippen LogP contribution is -2.16. The van der Waals surface area contributed by atoms with Gasteiger partial charge in [0.05, 0.1) is 10.7 Å². The maximum Gasteiger partial charge on any atom is 0.224 e. The van der Waals surface area contributed by atoms with Gasteiger partial charge < -0.3 is 5.32 Å². The fourth-order valence-electron chi connectivity index (χ4n) is 3.26. The SMILES string of the molecule is CC[C@H](C)Nc1ncc2cc(C(=O)c3ccccc3Cl)n(-c3c(F)cccc3F)c2n1. The molecule has 4 rings (SSSR count). The third-order valence-corrected chi connectivity index (χ3v) is 5.37. The number of carbonyl (C=O) groups is 1. The number of aromatic nitrogens is 3. The molecule has 2 heterocycles. The maximum absolute atomic E-state index is 14.8. The van der Waals surface area contributed by atoms with Crippen molar-refractivity contribution in [1.29, 1.82) is 0 Å². The average molecular weight is 441 g/mol. The van der Waals surface area contributed by atoms with Crippen LogP contribution in [0.3, 0.4) is 0 Å². The second-order valence-electron chi connectivity index (χ2n) is 7.17. The molecule has 2 aromatic carbocycles. The lowest BCUT2D eigenvalue weighted by Gasteiger charge is -2.14. The molecule has 0 saturated heterocycles. The number of rotatable bonds is 6. The Labute approximate surface area is 182 Å². The maximum atomic E-state index is 14.8. The normalized spacial score (nSPS) is 12.2. The Balaban J connectivity index is 2.00. The summed E-state index contributed by atoms with van der Waals surface area (Å²) in [6.45, 7) is 3.98. The van der Waals surface area contributed by atoms with Crippen molar-refractivity contribution in [2.45, 2.75) is 26.3 Å². The van der Waals surface area contributed by atoms with E-state index in [0.29, 0.717) is 11.3 Å². The minimum atomic E-state index is -0.819. The Morgan fingerprint density at radius 1 is 1.16 bits per heavy atom. The van der Waals surface area contributed by atoms with Crippen LogP contribution < -0.4 is 5.32 Å². The first kappa shape index (κ1) is 20.9. The van der Waals surface area contributed by atoms with Crippen LogP contribution in [0.4, 0.5) is 14.7 Å². The fourth-order valence-corrected chi connectivity index (χ4v) is 3.48. The van der Waals surface area contributed by atoms with Gasteiger partial charge in [-0.15, -0.1) is 0 Å². The van der Waals surface area contributed by atoms with E-state index in [-0.39, 0.29) is 33.7 Å². The second kappa shape index (κ2) is 8.43. The van der Waals surface area contributed by atoms with Crippen LogP contribution in [0.2, 0.25) is 5.02 Å². The lowest BCUT2D eigenvalue weighted by atomic mass is 10.1. The average Bonchev–Trinajstić information content (AvgIpc) is 3.12. The fraction of sp³-hybridized carbons (Fsp3) is 0.174. The molecule has 0 unspecified atom stereocenters. The molecule has 0 aliphatic rings. The van der Waals surface area contributed by atoms with Gasteiger partial charge in [0.25, 0.3) is 0 Å². The summed E-state index contributed by atoms with van der Waals surface area (Å²) in [5.41, 5.74) is 0.0688. The number of nitrogens with zero attached hydrogens (tertiary/aromatic N) is 3. The predicted molar refractivity (Wildman–Crippen MR) is 117 cm³/mol. The monoisotopic (exact) mass is 440 g/mol. The number of fused-ring (bicyclic) bond motifs is 1. The molecule has 0 radical (unpaired) electrons. The largest absolute Gasteiger partial charge is 0.352 e. The zero-order valence-electron chi connectivity index (χ0n) is 16.9. The van der Waals surface area contributed by atoms with Crippen LogP contribution in [0, 0.1) is 11.6 Å². The minimum absolute atomic E-state index is 0.0297. The van der Waals surface area contributed by atoms with Crippen LogP contribution in [0.25, 0.3) is 16.7 Å². The van der Waals surface area contributed by atoms with Gasteiger partial charge in [0.1, 0.15) is 17.3 Å². The first-order valence-corrected chi connectivity index (χ1v) is 10.2. The zero-order valence-corrected chi connectivity index (χ0v) is 17.6. The third-order valence-electron chi connectivity index (χ3n) is 5.04. The zero-order chi connectivity index (χ0) is 22.1. The number of carbonyl (C=O) groups excluding carboxylic acids is 1. The molecular weight excluding hydrogens is 422 g/mol. The minimum Gasteiger partial charge on any atom is -0.352 e. The lowest BCUT2D eigenvalue weighted by molar-refractivity contribution is 0.103. The topological polar surface area (TPSA) is 59.8 Å². The molecule has 0 fully saturated rings. The predicted octanol–water partition coefficient (Wildman–Crippen LogP) is 5.79. The first-order chi connectivity index (χ1) is 14.9. The van der Waals surface area contributed by atoms with E-state index in [9.17, 15) is 13.6 Å². The van der Waals surface area contributed by atoms with Crippen LogP contribution in [-0.4, -0.2) is 26.4 Å². The highest BCUT2D eigenvalue weighted by Gasteiger charge is 2.25. The van der Waals surface area contributed by atoms with E-state index >= 15 is 0 Å². The van der Waals surface area contributed by atoms with Crippen LogP contribution in [-0.2, 0) is 0 Å². The van der Waals surface area contributed by atoms with Crippen molar-refractivity contribution in [2.75, 3.05) is 5.32 Å². The number of para-hydroxylation sites is 1. The quantitative estimate of drug-likeness (QED) is 0.385. The number of benzene rings is 2. The van der Waals surface area contributed by atoms with E-state index in [1.54, 1.807) is 24.3 Å². The molecule has 0 aliphatic heterocycles. The highest BCUT2D eigenvalue weighted by atomic mass is 35.5. The molecule has 31 heavy (non-hydrogen) atoms. The van der Waals surface area contributed by atoms with E-state index in [2.05, 4.69) is 15.3 Å². The van der Waals surface area contributed by atoms with Gasteiger partial charge in [-0.05, 0) is 43.7 Å². The summed E-state index contributed by atoms with van der Waals surface area (Å²) in [7, 11) is 0. The van der Waals surface area contributed by atoms with Gasteiger partial charge in [-0.25, -0.2) is 13.8 Å². The molecule has 1 atom stereocenters. The number of hydrogen-bond acceptors (Lipinski definition) is 4. The van der Waals surface area contributed by atoms with E-state index < -0.39 is 17.4 Å². The van der Waals surface area contributed by atoms with Crippen molar-refractivity contribution in [3.8, 4) is 5.69 Å². The van der Waals surface area contributed by atoms with Crippen molar-refractivity contribution >= 4 is 34.4 Å². The summed E-state index contributed by atoms with van der Waals surface area (Å²) in [4.78, 5) is 22.1. The smallest absolute Gasteiger partial charge is 0.224 e. The summed E-state index contributed by atoms with van der Waals surface area (Å²) < 4.78 is 30.7. The van der Waals surface area contributed by atoms with Gasteiger partial charge >= 0.3 is 0 Å². The number of halogens is 3. The highest BCUT2D eigenvalue weighted by molar-refractivity contribution is 6.35. The molecule has 0 aliphatic carbocycles. The Morgan fingerprint density at radius 2 is 1.87 bits per heavy atom. The Hall–Kier alpha value is -3.32. The standard InChI is InChI=1S/C23H19ClF2N4O/c1-3-13(2)28-23-27-12-14-11-19(21(31)15-7-4-5-8-16(15)24)30(22(14)29-23)20-17(25)9-6-10-18(20)26/h4-13H,3H2,1-2H3,(H,27,28,29)/t13-/m0/s1. The van der Waals surface area contributed by atoms with Crippen LogP contribution in [0.15, 0.2) is 54.7 Å². The van der Waals surface area contributed by atoms with E-state index in [0.717, 1.165) is 18.6 Å². The van der Waals surface area contributed by atoms with Crippen molar-refractivity contribution in [1.82, 2.24) is 14.5 Å². The van der Waals surface area contributed by atoms with Crippen LogP contribution in [0.1, 0.15) is 36.3 Å². The molecule has 0 saturated carbocycles. The van der Waals surface area contributed by atoms with Crippen molar-refractivity contribution in [2.24, 2.45) is 0 Å². The third kappa shape index (κ3) is 3.88. The molecular formula is C23H19ClF2N4O. The van der Waals surface area contributed by atoms with Gasteiger partial charge in [0.15, 0.2) is 5.65 Å². The highest BCUT2D eigenvalue weighted by Crippen LogP contribution is 2.30. The Kier molecular flexibility index (Phi) is 5.69. The van der Waals surface area contributed by atoms with Gasteiger partial charge in [0, 0.05) is 23.2 Å². The molecule has 158 valence electrons. The summed E-state index contributed by atoms with van der Waals surface area (Å²) in [6.07, 6.45) is 2.35. The number of hydrogen-bond donors (Lipinski definition) is 1. The number of anilines is 1. The van der Waals surface area contributed by atoms with Gasteiger partial charge in [-0.1, -0.05) is 36.7 Å². The summed E-state index contributed by atoms with van der Waals surface area (Å²) >= 11 is 6.21. The number of nitrogens with one attached hydrogen (secondary N) is 1. The molecule has 2 aromatic heterocycles. The van der Waals surface area contributed by atoms with E-state index in [4.69, 9.17) is 11.6 Å². The van der Waals surface area contributed by atoms with Gasteiger partial charge in [-0.2, -0.15) is 4.98 Å². The Morgan fingerprint density at radius 3 is 2.55 bits per heavy atom. The van der Waals surface area contributed by atoms with Gasteiger partial charge in [0.2, 0.25) is 11.7 Å². The molecule has 1 N–H and O–H groups in total. The molecule has 0 bridgehead atoms. The first-order valence-electron chi connectivity index (χ1n) is 9.79. The molecule has 0 spiro atoms. The van der Waals surface area contributed by atoms with Crippen LogP contribution >= 0.6 is 11.6 Å². The summed E-state index contributed by atoms with van der Waals surface area (Å²) in [6, 6.07) is 11.6. The van der Waals surface area contributed by atoms with E-state index in [1.165, 1.54) is 22.9 Å². The van der Waals surface area contributed by atoms with Crippen LogP contribution in [0.5, 0.6) is 0 Å². The molecule has 0 amide bonds. The van der Waals surface area contributed by atoms with E-state index in [1.807, 2.05) is 13.8 Å².